The number of hydrogen-bond acceptors (Lipinski definition) is 4. The van der Waals surface area contributed by atoms with Crippen molar-refractivity contribution in [3.05, 3.63) is 58.5 Å². The predicted molar refractivity (Wildman–Crippen MR) is 93.5 cm³/mol. The summed E-state index contributed by atoms with van der Waals surface area (Å²) < 4.78 is 13.1. The maximum atomic E-state index is 13.1. The maximum absolute atomic E-state index is 13.1. The number of ketones is 1. The number of amides is 1. The molecule has 1 aromatic heterocycles. The number of halogens is 2. The van der Waals surface area contributed by atoms with Gasteiger partial charge in [-0.3, -0.25) is 9.59 Å². The number of nitrogens with one attached hydrogen (secondary N) is 2. The van der Waals surface area contributed by atoms with Gasteiger partial charge in [-0.15, -0.1) is 0 Å². The minimum atomic E-state index is -0.519. The zero-order chi connectivity index (χ0) is 17.8. The second-order valence-electron chi connectivity index (χ2n) is 5.87. The number of nitrogens with zero attached hydrogens (tertiary/aromatic N) is 1. The van der Waals surface area contributed by atoms with E-state index in [1.165, 1.54) is 6.07 Å². The number of aromatic nitrogens is 1. The highest BCUT2D eigenvalue weighted by Crippen LogP contribution is 2.20. The van der Waals surface area contributed by atoms with Crippen molar-refractivity contribution >= 4 is 29.1 Å². The number of Topliss-reactive ketones (excluding diaryl/α,β-unsaturated/α-hetero) is 1. The maximum Gasteiger partial charge on any atom is 0.258 e. The van der Waals surface area contributed by atoms with Crippen molar-refractivity contribution in [1.29, 1.82) is 0 Å². The summed E-state index contributed by atoms with van der Waals surface area (Å²) >= 11 is 5.89. The first-order chi connectivity index (χ1) is 12.0. The molecular weight excluding hydrogens is 345 g/mol. The monoisotopic (exact) mass is 361 g/mol. The van der Waals surface area contributed by atoms with Crippen LogP contribution in [0.25, 0.3) is 0 Å². The third-order valence-corrected chi connectivity index (χ3v) is 4.44. The Balaban J connectivity index is 1.75. The van der Waals surface area contributed by atoms with Gasteiger partial charge in [-0.2, -0.15) is 0 Å². The first-order valence-corrected chi connectivity index (χ1v) is 8.41. The molecule has 1 aliphatic heterocycles. The molecule has 3 rings (SSSR count). The minimum absolute atomic E-state index is 0.0134. The molecule has 0 saturated carbocycles. The molecule has 0 spiro atoms. The van der Waals surface area contributed by atoms with Crippen LogP contribution in [-0.2, 0) is 0 Å². The molecule has 2 N–H and O–H groups in total. The second kappa shape index (κ2) is 7.72. The molecule has 1 saturated heterocycles. The summed E-state index contributed by atoms with van der Waals surface area (Å²) in [5, 5.41) is 5.83. The van der Waals surface area contributed by atoms with E-state index in [1.54, 1.807) is 18.2 Å². The molecule has 0 bridgehead atoms. The number of piperidine rings is 1. The highest BCUT2D eigenvalue weighted by molar-refractivity contribution is 6.34. The van der Waals surface area contributed by atoms with Gasteiger partial charge in [-0.05, 0) is 56.3 Å². The normalized spacial score (nSPS) is 15.0. The van der Waals surface area contributed by atoms with Crippen LogP contribution >= 0.6 is 11.6 Å². The number of anilines is 1. The Morgan fingerprint density at radius 3 is 2.68 bits per heavy atom. The molecule has 1 amide bonds. The number of carbonyl (C=O) groups excluding carboxylic acids is 2. The van der Waals surface area contributed by atoms with Crippen LogP contribution < -0.4 is 10.6 Å². The molecule has 5 nitrogen and oxygen atoms in total. The Morgan fingerprint density at radius 1 is 1.20 bits per heavy atom. The molecular formula is C18H17ClFN3O2. The lowest BCUT2D eigenvalue weighted by molar-refractivity contribution is 0.0889. The molecule has 0 aliphatic carbocycles. The van der Waals surface area contributed by atoms with Crippen LogP contribution in [0, 0.1) is 11.7 Å². The van der Waals surface area contributed by atoms with Crippen molar-refractivity contribution in [3.63, 3.8) is 0 Å². The van der Waals surface area contributed by atoms with Crippen LogP contribution in [0.1, 0.15) is 33.7 Å². The summed E-state index contributed by atoms with van der Waals surface area (Å²) in [6, 6.07) is 8.44. The highest BCUT2D eigenvalue weighted by Gasteiger charge is 2.23. The van der Waals surface area contributed by atoms with Crippen LogP contribution in [0.4, 0.5) is 10.2 Å². The molecule has 0 unspecified atom stereocenters. The van der Waals surface area contributed by atoms with Crippen LogP contribution in [0.2, 0.25) is 5.02 Å². The third kappa shape index (κ3) is 4.21. The van der Waals surface area contributed by atoms with E-state index in [9.17, 15) is 14.0 Å². The first-order valence-electron chi connectivity index (χ1n) is 8.03. The van der Waals surface area contributed by atoms with Crippen molar-refractivity contribution in [2.24, 2.45) is 5.92 Å². The minimum Gasteiger partial charge on any atom is -0.317 e. The van der Waals surface area contributed by atoms with Gasteiger partial charge in [0.15, 0.2) is 5.78 Å². The number of rotatable bonds is 4. The van der Waals surface area contributed by atoms with Crippen molar-refractivity contribution in [2.45, 2.75) is 12.8 Å². The Kier molecular flexibility index (Phi) is 5.40. The van der Waals surface area contributed by atoms with Gasteiger partial charge >= 0.3 is 0 Å². The van der Waals surface area contributed by atoms with Gasteiger partial charge < -0.3 is 10.6 Å². The molecule has 130 valence electrons. The van der Waals surface area contributed by atoms with Gasteiger partial charge in [0.25, 0.3) is 5.91 Å². The fraction of sp³-hybridized carbons (Fsp3) is 0.278. The Bertz CT molecular complexity index is 807. The molecule has 2 heterocycles. The average molecular weight is 362 g/mol. The highest BCUT2D eigenvalue weighted by atomic mass is 35.5. The van der Waals surface area contributed by atoms with Gasteiger partial charge in [0.2, 0.25) is 0 Å². The van der Waals surface area contributed by atoms with Gasteiger partial charge in [0.1, 0.15) is 17.3 Å². The van der Waals surface area contributed by atoms with Crippen molar-refractivity contribution in [1.82, 2.24) is 10.3 Å². The van der Waals surface area contributed by atoms with Crippen molar-refractivity contribution in [2.75, 3.05) is 18.4 Å². The zero-order valence-corrected chi connectivity index (χ0v) is 14.1. The van der Waals surface area contributed by atoms with Crippen molar-refractivity contribution < 1.29 is 14.0 Å². The molecule has 1 aromatic carbocycles. The summed E-state index contributed by atoms with van der Waals surface area (Å²) in [7, 11) is 0. The first kappa shape index (κ1) is 17.5. The molecule has 1 aliphatic rings. The topological polar surface area (TPSA) is 71.1 Å². The largest absolute Gasteiger partial charge is 0.317 e. The van der Waals surface area contributed by atoms with E-state index in [0.717, 1.165) is 38.1 Å². The number of benzene rings is 1. The van der Waals surface area contributed by atoms with E-state index in [0.29, 0.717) is 5.69 Å². The lowest BCUT2D eigenvalue weighted by atomic mass is 9.92. The van der Waals surface area contributed by atoms with Gasteiger partial charge in [0, 0.05) is 5.92 Å². The van der Waals surface area contributed by atoms with Crippen LogP contribution in [0.5, 0.6) is 0 Å². The van der Waals surface area contributed by atoms with E-state index in [2.05, 4.69) is 15.6 Å². The predicted octanol–water partition coefficient (Wildman–Crippen LogP) is 3.31. The standard InChI is InChI=1S/C18H17ClFN3O2/c19-14-10-12(20)4-5-13(14)18(25)23-16-3-1-2-15(22-16)17(24)11-6-8-21-9-7-11/h1-5,10-11,21H,6-9H2,(H,22,23,25). The fourth-order valence-electron chi connectivity index (χ4n) is 2.79. The molecule has 1 fully saturated rings. The van der Waals surface area contributed by atoms with Gasteiger partial charge in [0.05, 0.1) is 10.6 Å². The lowest BCUT2D eigenvalue weighted by Crippen LogP contribution is -2.32. The lowest BCUT2D eigenvalue weighted by Gasteiger charge is -2.21. The summed E-state index contributed by atoms with van der Waals surface area (Å²) in [4.78, 5) is 29.1. The number of pyridine rings is 1. The van der Waals surface area contributed by atoms with E-state index in [-0.39, 0.29) is 28.1 Å². The smallest absolute Gasteiger partial charge is 0.258 e. The summed E-state index contributed by atoms with van der Waals surface area (Å²) in [6.45, 7) is 1.63. The molecule has 7 heteroatoms. The second-order valence-corrected chi connectivity index (χ2v) is 6.28. The SMILES string of the molecule is O=C(Nc1cccc(C(=O)C2CCNCC2)n1)c1ccc(F)cc1Cl. The van der Waals surface area contributed by atoms with Crippen LogP contribution in [0.15, 0.2) is 36.4 Å². The van der Waals surface area contributed by atoms with E-state index in [1.807, 2.05) is 0 Å². The summed E-state index contributed by atoms with van der Waals surface area (Å²) in [5.74, 6) is -0.841. The van der Waals surface area contributed by atoms with Crippen molar-refractivity contribution in [3.8, 4) is 0 Å². The molecule has 2 aromatic rings. The fourth-order valence-corrected chi connectivity index (χ4v) is 3.05. The zero-order valence-electron chi connectivity index (χ0n) is 13.4. The molecule has 0 atom stereocenters. The molecule has 0 radical (unpaired) electrons. The van der Waals surface area contributed by atoms with Gasteiger partial charge in [-0.1, -0.05) is 17.7 Å². The third-order valence-electron chi connectivity index (χ3n) is 4.13. The van der Waals surface area contributed by atoms with E-state index in [4.69, 9.17) is 11.6 Å². The Labute approximate surface area is 149 Å². The quantitative estimate of drug-likeness (QED) is 0.820. The summed E-state index contributed by atoms with van der Waals surface area (Å²) in [6.07, 6.45) is 1.56. The molecule has 25 heavy (non-hydrogen) atoms. The summed E-state index contributed by atoms with van der Waals surface area (Å²) in [5.41, 5.74) is 0.467. The van der Waals surface area contributed by atoms with Gasteiger partial charge in [-0.25, -0.2) is 9.37 Å². The Morgan fingerprint density at radius 2 is 1.96 bits per heavy atom. The number of carbonyl (C=O) groups is 2. The van der Waals surface area contributed by atoms with E-state index >= 15 is 0 Å². The van der Waals surface area contributed by atoms with E-state index < -0.39 is 11.7 Å². The average Bonchev–Trinajstić information content (AvgIpc) is 2.62. The van der Waals surface area contributed by atoms with Crippen LogP contribution in [0.3, 0.4) is 0 Å². The Hall–Kier alpha value is -2.31. The van der Waals surface area contributed by atoms with Crippen LogP contribution in [-0.4, -0.2) is 29.8 Å². The number of hydrogen-bond donors (Lipinski definition) is 2.